The second-order valence-electron chi connectivity index (χ2n) is 13.9. The molecule has 0 amide bonds. The molecule has 0 N–H and O–H groups in total. The second-order valence-corrected chi connectivity index (χ2v) is 13.9. The van der Waals surface area contributed by atoms with E-state index in [0.717, 1.165) is 28.1 Å². The number of aromatic nitrogens is 2. The highest BCUT2D eigenvalue weighted by molar-refractivity contribution is 6.22. The zero-order chi connectivity index (χ0) is 36.0. The lowest BCUT2D eigenvalue weighted by molar-refractivity contribution is 1.10. The van der Waals surface area contributed by atoms with E-state index >= 15 is 0 Å². The van der Waals surface area contributed by atoms with Crippen molar-refractivity contribution in [1.82, 2.24) is 9.55 Å². The van der Waals surface area contributed by atoms with Gasteiger partial charge >= 0.3 is 0 Å². The molecule has 0 radical (unpaired) electrons. The first kappa shape index (κ1) is 31.7. The van der Waals surface area contributed by atoms with E-state index in [0.29, 0.717) is 0 Å². The largest absolute Gasteiger partial charge is 0.292 e. The van der Waals surface area contributed by atoms with E-state index < -0.39 is 0 Å². The first-order valence-corrected chi connectivity index (χ1v) is 18.6. The van der Waals surface area contributed by atoms with Gasteiger partial charge in [-0.15, -0.1) is 0 Å². The van der Waals surface area contributed by atoms with Crippen LogP contribution in [0, 0.1) is 6.92 Å². The lowest BCUT2D eigenvalue weighted by Crippen LogP contribution is -1.97. The highest BCUT2D eigenvalue weighted by Crippen LogP contribution is 2.45. The SMILES string of the molecule is Cc1c(-c2ccc(-c3ccc4c(-c5ccccc5)c5ccccc5c(-c5ccccc5)c4c3)cc2)ccc2c1nc(-c1ccccc1)n2-c1ccccc1. The van der Waals surface area contributed by atoms with Gasteiger partial charge in [0.05, 0.1) is 11.0 Å². The number of aryl methyl sites for hydroxylation is 1. The van der Waals surface area contributed by atoms with Crippen LogP contribution in [0.2, 0.25) is 0 Å². The number of hydrogen-bond acceptors (Lipinski definition) is 1. The molecule has 10 rings (SSSR count). The zero-order valence-electron chi connectivity index (χ0n) is 29.9. The van der Waals surface area contributed by atoms with Crippen molar-refractivity contribution < 1.29 is 0 Å². The summed E-state index contributed by atoms with van der Waals surface area (Å²) in [5, 5.41) is 5.04. The number of fused-ring (bicyclic) bond motifs is 3. The maximum absolute atomic E-state index is 5.29. The van der Waals surface area contributed by atoms with E-state index in [1.54, 1.807) is 0 Å². The maximum atomic E-state index is 5.29. The molecule has 0 saturated carbocycles. The molecule has 2 nitrogen and oxygen atoms in total. The number of benzene rings is 9. The lowest BCUT2D eigenvalue weighted by atomic mass is 9.85. The first-order valence-electron chi connectivity index (χ1n) is 18.6. The summed E-state index contributed by atoms with van der Waals surface area (Å²) in [6.07, 6.45) is 0. The quantitative estimate of drug-likeness (QED) is 0.159. The number of imidazole rings is 1. The Morgan fingerprint density at radius 1 is 0.370 bits per heavy atom. The molecule has 9 aromatic carbocycles. The van der Waals surface area contributed by atoms with Crippen LogP contribution in [0.1, 0.15) is 5.56 Å². The molecule has 0 aliphatic heterocycles. The minimum absolute atomic E-state index is 0.946. The Kier molecular flexibility index (Phi) is 7.74. The molecule has 54 heavy (non-hydrogen) atoms. The van der Waals surface area contributed by atoms with Gasteiger partial charge in [0, 0.05) is 11.3 Å². The van der Waals surface area contributed by atoms with E-state index in [2.05, 4.69) is 212 Å². The summed E-state index contributed by atoms with van der Waals surface area (Å²) >= 11 is 0. The van der Waals surface area contributed by atoms with Crippen LogP contribution in [0.15, 0.2) is 200 Å². The van der Waals surface area contributed by atoms with Gasteiger partial charge in [-0.25, -0.2) is 4.98 Å². The molecule has 10 aromatic rings. The third-order valence-corrected chi connectivity index (χ3v) is 10.8. The van der Waals surface area contributed by atoms with Gasteiger partial charge in [0.15, 0.2) is 0 Å². The van der Waals surface area contributed by atoms with Crippen molar-refractivity contribution in [3.63, 3.8) is 0 Å². The minimum Gasteiger partial charge on any atom is -0.292 e. The Hall–Kier alpha value is -7.03. The average Bonchev–Trinajstić information content (AvgIpc) is 3.65. The van der Waals surface area contributed by atoms with Gasteiger partial charge in [-0.1, -0.05) is 176 Å². The van der Waals surface area contributed by atoms with E-state index in [4.69, 9.17) is 4.98 Å². The average molecular weight is 689 g/mol. The van der Waals surface area contributed by atoms with Crippen molar-refractivity contribution in [2.45, 2.75) is 6.92 Å². The fourth-order valence-corrected chi connectivity index (χ4v) is 8.24. The molecule has 0 saturated heterocycles. The Balaban J connectivity index is 1.10. The Labute approximate surface area is 315 Å². The summed E-state index contributed by atoms with van der Waals surface area (Å²) in [5.74, 6) is 0.946. The molecule has 1 heterocycles. The molecule has 0 atom stereocenters. The van der Waals surface area contributed by atoms with Crippen LogP contribution in [0.25, 0.3) is 94.2 Å². The van der Waals surface area contributed by atoms with Gasteiger partial charge < -0.3 is 0 Å². The van der Waals surface area contributed by atoms with Crippen molar-refractivity contribution in [3.8, 4) is 61.6 Å². The van der Waals surface area contributed by atoms with Crippen molar-refractivity contribution in [2.24, 2.45) is 0 Å². The summed E-state index contributed by atoms with van der Waals surface area (Å²) < 4.78 is 2.28. The Morgan fingerprint density at radius 2 is 0.852 bits per heavy atom. The fourth-order valence-electron chi connectivity index (χ4n) is 8.24. The van der Waals surface area contributed by atoms with Crippen LogP contribution >= 0.6 is 0 Å². The van der Waals surface area contributed by atoms with Crippen LogP contribution in [0.3, 0.4) is 0 Å². The standard InChI is InChI=1S/C52H36N2/c1-35-43(32-33-48-51(35)53-52(40-20-10-4-11-21-40)54(48)42-22-12-5-13-23-42)37-28-26-36(27-29-37)41-30-31-46-47(34-41)50(39-18-8-3-9-19-39)45-25-15-14-24-44(45)49(46)38-16-6-2-7-17-38/h2-34H,1H3. The van der Waals surface area contributed by atoms with Crippen LogP contribution < -0.4 is 0 Å². The monoisotopic (exact) mass is 688 g/mol. The van der Waals surface area contributed by atoms with Gasteiger partial charge in [-0.05, 0) is 103 Å². The highest BCUT2D eigenvalue weighted by Gasteiger charge is 2.19. The maximum Gasteiger partial charge on any atom is 0.145 e. The summed E-state index contributed by atoms with van der Waals surface area (Å²) in [6, 6.07) is 72.0. The zero-order valence-corrected chi connectivity index (χ0v) is 29.9. The number of hydrogen-bond donors (Lipinski definition) is 0. The van der Waals surface area contributed by atoms with Crippen molar-refractivity contribution >= 4 is 32.6 Å². The van der Waals surface area contributed by atoms with Crippen LogP contribution in [0.5, 0.6) is 0 Å². The van der Waals surface area contributed by atoms with E-state index in [1.807, 2.05) is 0 Å². The normalized spacial score (nSPS) is 11.4. The molecule has 0 bridgehead atoms. The lowest BCUT2D eigenvalue weighted by Gasteiger charge is -2.18. The van der Waals surface area contributed by atoms with Gasteiger partial charge in [-0.2, -0.15) is 0 Å². The number of nitrogens with zero attached hydrogens (tertiary/aromatic N) is 2. The first-order chi connectivity index (χ1) is 26.7. The summed E-state index contributed by atoms with van der Waals surface area (Å²) in [4.78, 5) is 5.29. The van der Waals surface area contributed by atoms with Crippen LogP contribution in [-0.2, 0) is 0 Å². The van der Waals surface area contributed by atoms with E-state index in [1.165, 1.54) is 71.6 Å². The topological polar surface area (TPSA) is 17.8 Å². The third kappa shape index (κ3) is 5.31. The molecule has 1 aromatic heterocycles. The fraction of sp³-hybridized carbons (Fsp3) is 0.0192. The van der Waals surface area contributed by atoms with Crippen LogP contribution in [-0.4, -0.2) is 9.55 Å². The Morgan fingerprint density at radius 3 is 1.46 bits per heavy atom. The van der Waals surface area contributed by atoms with Gasteiger partial charge in [0.25, 0.3) is 0 Å². The summed E-state index contributed by atoms with van der Waals surface area (Å²) in [7, 11) is 0. The van der Waals surface area contributed by atoms with Gasteiger partial charge in [-0.3, -0.25) is 4.57 Å². The molecule has 254 valence electrons. The predicted molar refractivity (Wildman–Crippen MR) is 228 cm³/mol. The molecule has 0 spiro atoms. The van der Waals surface area contributed by atoms with Crippen molar-refractivity contribution in [2.75, 3.05) is 0 Å². The molecule has 0 fully saturated rings. The molecular formula is C52H36N2. The minimum atomic E-state index is 0.946. The highest BCUT2D eigenvalue weighted by atomic mass is 15.1. The molecule has 0 aliphatic carbocycles. The summed E-state index contributed by atoms with van der Waals surface area (Å²) in [5.41, 5.74) is 15.2. The molecular weight excluding hydrogens is 653 g/mol. The molecule has 0 unspecified atom stereocenters. The Bertz CT molecular complexity index is 2950. The van der Waals surface area contributed by atoms with E-state index in [-0.39, 0.29) is 0 Å². The second kappa shape index (κ2) is 13.2. The third-order valence-electron chi connectivity index (χ3n) is 10.8. The number of rotatable bonds is 6. The summed E-state index contributed by atoms with van der Waals surface area (Å²) in [6.45, 7) is 2.20. The molecule has 2 heteroatoms. The van der Waals surface area contributed by atoms with E-state index in [9.17, 15) is 0 Å². The van der Waals surface area contributed by atoms with Crippen LogP contribution in [0.4, 0.5) is 0 Å². The van der Waals surface area contributed by atoms with Crippen molar-refractivity contribution in [3.05, 3.63) is 206 Å². The van der Waals surface area contributed by atoms with Gasteiger partial charge in [0.1, 0.15) is 5.82 Å². The van der Waals surface area contributed by atoms with Crippen molar-refractivity contribution in [1.29, 1.82) is 0 Å². The molecule has 0 aliphatic rings. The predicted octanol–water partition coefficient (Wildman–Crippen LogP) is 14.0. The number of para-hydroxylation sites is 1. The smallest absolute Gasteiger partial charge is 0.145 e. The van der Waals surface area contributed by atoms with Gasteiger partial charge in [0.2, 0.25) is 0 Å².